The zero-order valence-electron chi connectivity index (χ0n) is 12.0. The Morgan fingerprint density at radius 1 is 1.10 bits per heavy atom. The zero-order valence-corrected chi connectivity index (χ0v) is 12.0. The quantitative estimate of drug-likeness (QED) is 0.894. The molecule has 0 heterocycles. The average Bonchev–Trinajstić information content (AvgIpc) is 2.53. The molecule has 0 saturated carbocycles. The summed E-state index contributed by atoms with van der Waals surface area (Å²) in [5, 5.41) is 2.21. The summed E-state index contributed by atoms with van der Waals surface area (Å²) in [7, 11) is 0. The van der Waals surface area contributed by atoms with Crippen molar-refractivity contribution in [1.82, 2.24) is 0 Å². The van der Waals surface area contributed by atoms with Gasteiger partial charge in [0.15, 0.2) is 0 Å². The summed E-state index contributed by atoms with van der Waals surface area (Å²) >= 11 is 0. The molecule has 1 aliphatic rings. The maximum atomic E-state index is 5.67. The third kappa shape index (κ3) is 2.68. The second-order valence-electron chi connectivity index (χ2n) is 5.34. The van der Waals surface area contributed by atoms with Crippen LogP contribution in [-0.2, 0) is 6.42 Å². The number of nitrogens with two attached hydrogens (primary N) is 1. The summed E-state index contributed by atoms with van der Waals surface area (Å²) in [4.78, 5) is 0. The Kier molecular flexibility index (Phi) is 3.74. The lowest BCUT2D eigenvalue weighted by Crippen LogP contribution is -2.28. The molecule has 1 aliphatic carbocycles. The first-order valence-corrected chi connectivity index (χ1v) is 7.22. The highest BCUT2D eigenvalue weighted by atomic mass is 14.5. The van der Waals surface area contributed by atoms with E-state index in [-0.39, 0.29) is 0 Å². The van der Waals surface area contributed by atoms with Gasteiger partial charge in [-0.1, -0.05) is 67.3 Å². The number of hydrogen-bond acceptors (Lipinski definition) is 1. The van der Waals surface area contributed by atoms with E-state index in [4.69, 9.17) is 5.73 Å². The molecule has 1 unspecified atom stereocenters. The lowest BCUT2D eigenvalue weighted by Gasteiger charge is -2.21. The largest absolute Gasteiger partial charge is 0.405 e. The number of benzene rings is 2. The first-order valence-electron chi connectivity index (χ1n) is 7.22. The van der Waals surface area contributed by atoms with E-state index in [1.54, 1.807) is 6.20 Å². The van der Waals surface area contributed by atoms with Crippen molar-refractivity contribution >= 4 is 18.2 Å². The predicted octanol–water partition coefficient (Wildman–Crippen LogP) is 2.61. The maximum Gasteiger partial charge on any atom is 0.00686 e. The van der Waals surface area contributed by atoms with E-state index in [1.807, 2.05) is 18.2 Å². The smallest absolute Gasteiger partial charge is 0.00686 e. The van der Waals surface area contributed by atoms with E-state index in [9.17, 15) is 0 Å². The second-order valence-corrected chi connectivity index (χ2v) is 5.34. The van der Waals surface area contributed by atoms with Crippen molar-refractivity contribution in [1.29, 1.82) is 0 Å². The summed E-state index contributed by atoms with van der Waals surface area (Å²) in [6.45, 7) is 4.14. The first kappa shape index (κ1) is 13.4. The van der Waals surface area contributed by atoms with Crippen LogP contribution in [0.15, 0.2) is 66.9 Å². The van der Waals surface area contributed by atoms with Crippen molar-refractivity contribution in [2.24, 2.45) is 11.7 Å². The summed E-state index contributed by atoms with van der Waals surface area (Å²) in [5.74, 6) is 0.336. The molecular weight excluding hydrogens is 254 g/mol. The van der Waals surface area contributed by atoms with Gasteiger partial charge in [0.25, 0.3) is 0 Å². The molecule has 0 bridgehead atoms. The number of hydrogen-bond donors (Lipinski definition) is 1. The highest BCUT2D eigenvalue weighted by Crippen LogP contribution is 2.27. The molecule has 0 amide bonds. The molecule has 2 aromatic carbocycles. The molecule has 2 N–H and O–H groups in total. The standard InChI is InChI=1S/C20H19N/c1-15-6-2-5-9-19(15)20(12-13-21)18-11-10-16-7-3-4-8-17(16)14-18/h2-13,18H,1,14,21H2/b13-12-,20-19+. The summed E-state index contributed by atoms with van der Waals surface area (Å²) in [6.07, 6.45) is 9.10. The van der Waals surface area contributed by atoms with Gasteiger partial charge in [0.2, 0.25) is 0 Å². The van der Waals surface area contributed by atoms with Crippen LogP contribution in [0.1, 0.15) is 11.1 Å². The normalized spacial score (nSPS) is 18.6. The maximum absolute atomic E-state index is 5.67. The first-order chi connectivity index (χ1) is 10.3. The van der Waals surface area contributed by atoms with E-state index < -0.39 is 0 Å². The van der Waals surface area contributed by atoms with E-state index in [2.05, 4.69) is 55.1 Å². The van der Waals surface area contributed by atoms with Crippen LogP contribution in [0.4, 0.5) is 0 Å². The van der Waals surface area contributed by atoms with Crippen LogP contribution in [0.2, 0.25) is 0 Å². The van der Waals surface area contributed by atoms with Gasteiger partial charge in [-0.15, -0.1) is 0 Å². The molecule has 0 saturated heterocycles. The number of allylic oxidation sites excluding steroid dienone is 2. The zero-order chi connectivity index (χ0) is 14.7. The fourth-order valence-corrected chi connectivity index (χ4v) is 2.94. The van der Waals surface area contributed by atoms with E-state index in [0.29, 0.717) is 5.92 Å². The molecule has 3 rings (SSSR count). The topological polar surface area (TPSA) is 26.0 Å². The molecule has 0 aromatic heterocycles. The van der Waals surface area contributed by atoms with Crippen LogP contribution in [0, 0.1) is 5.92 Å². The minimum Gasteiger partial charge on any atom is -0.405 e. The Morgan fingerprint density at radius 2 is 1.86 bits per heavy atom. The predicted molar refractivity (Wildman–Crippen MR) is 90.6 cm³/mol. The number of rotatable bonds is 2. The molecule has 1 atom stereocenters. The number of fused-ring (bicyclic) bond motifs is 1. The lowest BCUT2D eigenvalue weighted by molar-refractivity contribution is 0.815. The molecule has 0 fully saturated rings. The van der Waals surface area contributed by atoms with E-state index in [1.165, 1.54) is 21.9 Å². The van der Waals surface area contributed by atoms with Crippen LogP contribution < -0.4 is 16.2 Å². The van der Waals surface area contributed by atoms with Crippen molar-refractivity contribution < 1.29 is 0 Å². The Hall–Kier alpha value is -2.54. The van der Waals surface area contributed by atoms with Crippen LogP contribution >= 0.6 is 0 Å². The van der Waals surface area contributed by atoms with Gasteiger partial charge in [-0.2, -0.15) is 0 Å². The van der Waals surface area contributed by atoms with Crippen molar-refractivity contribution in [2.75, 3.05) is 0 Å². The molecular formula is C20H19N. The summed E-state index contributed by atoms with van der Waals surface area (Å²) < 4.78 is 0. The van der Waals surface area contributed by atoms with Crippen molar-refractivity contribution in [3.8, 4) is 0 Å². The Balaban J connectivity index is 2.13. The summed E-state index contributed by atoms with van der Waals surface area (Å²) in [6, 6.07) is 16.8. The molecule has 0 spiro atoms. The highest BCUT2D eigenvalue weighted by Gasteiger charge is 2.16. The fourth-order valence-electron chi connectivity index (χ4n) is 2.94. The van der Waals surface area contributed by atoms with Gasteiger partial charge >= 0.3 is 0 Å². The molecule has 104 valence electrons. The SMILES string of the molecule is C=c1cccc/c1=C(/C=C\N)C1C=Cc2ccccc2C1. The Morgan fingerprint density at radius 3 is 2.67 bits per heavy atom. The molecule has 21 heavy (non-hydrogen) atoms. The van der Waals surface area contributed by atoms with Gasteiger partial charge in [0, 0.05) is 5.92 Å². The van der Waals surface area contributed by atoms with Crippen LogP contribution in [-0.4, -0.2) is 0 Å². The van der Waals surface area contributed by atoms with Gasteiger partial charge in [-0.25, -0.2) is 0 Å². The highest BCUT2D eigenvalue weighted by molar-refractivity contribution is 5.67. The molecule has 0 radical (unpaired) electrons. The van der Waals surface area contributed by atoms with Gasteiger partial charge in [0.1, 0.15) is 0 Å². The monoisotopic (exact) mass is 273 g/mol. The Bertz CT molecular complexity index is 812. The van der Waals surface area contributed by atoms with Crippen molar-refractivity contribution in [2.45, 2.75) is 6.42 Å². The van der Waals surface area contributed by atoms with Crippen LogP contribution in [0.3, 0.4) is 0 Å². The Labute approximate surface area is 125 Å². The van der Waals surface area contributed by atoms with Crippen molar-refractivity contribution in [3.63, 3.8) is 0 Å². The fraction of sp³-hybridized carbons (Fsp3) is 0.100. The van der Waals surface area contributed by atoms with Gasteiger partial charge < -0.3 is 5.73 Å². The minimum absolute atomic E-state index is 0.336. The van der Waals surface area contributed by atoms with Gasteiger partial charge in [-0.3, -0.25) is 0 Å². The molecule has 1 nitrogen and oxygen atoms in total. The minimum atomic E-state index is 0.336. The average molecular weight is 273 g/mol. The third-order valence-corrected chi connectivity index (χ3v) is 4.01. The van der Waals surface area contributed by atoms with Crippen LogP contribution in [0.25, 0.3) is 18.2 Å². The lowest BCUT2D eigenvalue weighted by atomic mass is 9.84. The molecule has 0 aliphatic heterocycles. The van der Waals surface area contributed by atoms with Crippen LogP contribution in [0.5, 0.6) is 0 Å². The molecule has 1 heteroatoms. The van der Waals surface area contributed by atoms with E-state index >= 15 is 0 Å². The summed E-state index contributed by atoms with van der Waals surface area (Å²) in [5.41, 5.74) is 9.60. The van der Waals surface area contributed by atoms with Gasteiger partial charge in [-0.05, 0) is 45.8 Å². The van der Waals surface area contributed by atoms with E-state index in [0.717, 1.165) is 11.6 Å². The molecule has 2 aromatic rings. The third-order valence-electron chi connectivity index (χ3n) is 4.01. The van der Waals surface area contributed by atoms with Crippen molar-refractivity contribution in [3.05, 3.63) is 88.4 Å². The second kappa shape index (κ2) is 5.84. The van der Waals surface area contributed by atoms with Gasteiger partial charge in [0.05, 0.1) is 0 Å².